The Morgan fingerprint density at radius 2 is 2.00 bits per heavy atom. The fraction of sp³-hybridized carbons (Fsp3) is 0.125. The summed E-state index contributed by atoms with van der Waals surface area (Å²) in [4.78, 5) is 11.0. The molecule has 0 fully saturated rings. The van der Waals surface area contributed by atoms with Crippen LogP contribution >= 0.6 is 27.5 Å². The van der Waals surface area contributed by atoms with Crippen LogP contribution in [0, 0.1) is 0 Å². The molecule has 1 rings (SSSR count). The zero-order valence-electron chi connectivity index (χ0n) is 7.44. The van der Waals surface area contributed by atoms with Crippen LogP contribution in [0.2, 0.25) is 0 Å². The van der Waals surface area contributed by atoms with Crippen LogP contribution in [0.3, 0.4) is 0 Å². The van der Waals surface area contributed by atoms with Crippen LogP contribution in [0.1, 0.15) is 10.4 Å². The number of ether oxygens (including phenoxy) is 1. The summed E-state index contributed by atoms with van der Waals surface area (Å²) in [5, 5.41) is -1.10. The molecule has 1 aromatic rings. The van der Waals surface area contributed by atoms with Gasteiger partial charge in [-0.15, -0.1) is 13.2 Å². The third-order valence-electron chi connectivity index (χ3n) is 1.56. The minimum atomic E-state index is -4.91. The number of nitrogen functional groups attached to an aromatic ring is 1. The number of rotatable bonds is 2. The molecule has 3 nitrogen and oxygen atoms in total. The van der Waals surface area contributed by atoms with Gasteiger partial charge in [0.15, 0.2) is 0 Å². The Balaban J connectivity index is 3.29. The molecule has 0 atom stereocenters. The van der Waals surface area contributed by atoms with Gasteiger partial charge in [-0.25, -0.2) is 0 Å². The fourth-order valence-electron chi connectivity index (χ4n) is 0.967. The summed E-state index contributed by atoms with van der Waals surface area (Å²) in [7, 11) is 0. The fourth-order valence-corrected chi connectivity index (χ4v) is 1.78. The first-order chi connectivity index (χ1) is 7.22. The Labute approximate surface area is 101 Å². The number of hydrogen-bond acceptors (Lipinski definition) is 3. The molecular formula is C8H4BrClF3NO2. The molecule has 0 saturated heterocycles. The van der Waals surface area contributed by atoms with Crippen LogP contribution in [0.15, 0.2) is 16.6 Å². The Morgan fingerprint density at radius 1 is 1.44 bits per heavy atom. The van der Waals surface area contributed by atoms with E-state index < -0.39 is 22.9 Å². The number of alkyl halides is 3. The van der Waals surface area contributed by atoms with E-state index in [0.29, 0.717) is 0 Å². The lowest BCUT2D eigenvalue weighted by Gasteiger charge is -2.13. The highest BCUT2D eigenvalue weighted by Crippen LogP contribution is 2.35. The molecule has 16 heavy (non-hydrogen) atoms. The predicted molar refractivity (Wildman–Crippen MR) is 55.4 cm³/mol. The van der Waals surface area contributed by atoms with Gasteiger partial charge in [0, 0.05) is 5.69 Å². The number of halogens is 5. The molecule has 0 bridgehead atoms. The van der Waals surface area contributed by atoms with Crippen LogP contribution in [0.4, 0.5) is 18.9 Å². The Hall–Kier alpha value is -0.950. The van der Waals surface area contributed by atoms with Gasteiger partial charge in [0.05, 0.1) is 10.0 Å². The maximum Gasteiger partial charge on any atom is 0.573 e. The van der Waals surface area contributed by atoms with Crippen molar-refractivity contribution < 1.29 is 22.7 Å². The first-order valence-electron chi connectivity index (χ1n) is 3.76. The number of nitrogens with two attached hydrogens (primary N) is 1. The molecule has 0 aliphatic heterocycles. The van der Waals surface area contributed by atoms with Gasteiger partial charge in [-0.1, -0.05) is 0 Å². The average molecular weight is 318 g/mol. The van der Waals surface area contributed by atoms with Gasteiger partial charge in [-0.3, -0.25) is 4.79 Å². The van der Waals surface area contributed by atoms with Crippen LogP contribution < -0.4 is 10.5 Å². The summed E-state index contributed by atoms with van der Waals surface area (Å²) in [6, 6.07) is 2.08. The SMILES string of the molecule is Nc1ccc(OC(F)(F)F)c(C(=O)Cl)c1Br. The predicted octanol–water partition coefficient (Wildman–Crippen LogP) is 3.31. The lowest BCUT2D eigenvalue weighted by Crippen LogP contribution is -2.19. The van der Waals surface area contributed by atoms with Crippen LogP contribution in [-0.2, 0) is 0 Å². The molecule has 1 aromatic carbocycles. The van der Waals surface area contributed by atoms with Gasteiger partial charge in [-0.05, 0) is 39.7 Å². The average Bonchev–Trinajstić information content (AvgIpc) is 2.08. The molecule has 0 spiro atoms. The molecule has 0 heterocycles. The first kappa shape index (κ1) is 13.1. The third kappa shape index (κ3) is 3.02. The highest BCUT2D eigenvalue weighted by atomic mass is 79.9. The van der Waals surface area contributed by atoms with E-state index in [9.17, 15) is 18.0 Å². The van der Waals surface area contributed by atoms with Crippen molar-refractivity contribution in [1.82, 2.24) is 0 Å². The normalized spacial score (nSPS) is 11.3. The highest BCUT2D eigenvalue weighted by molar-refractivity contribution is 9.10. The maximum absolute atomic E-state index is 12.0. The molecule has 0 aromatic heterocycles. The van der Waals surface area contributed by atoms with Crippen molar-refractivity contribution in [3.63, 3.8) is 0 Å². The van der Waals surface area contributed by atoms with E-state index in [-0.39, 0.29) is 10.2 Å². The lowest BCUT2D eigenvalue weighted by atomic mass is 10.2. The van der Waals surface area contributed by atoms with Gasteiger partial charge in [0.2, 0.25) is 0 Å². The Kier molecular flexibility index (Phi) is 3.69. The number of carbonyl (C=O) groups is 1. The van der Waals surface area contributed by atoms with E-state index >= 15 is 0 Å². The molecule has 2 N–H and O–H groups in total. The van der Waals surface area contributed by atoms with Crippen molar-refractivity contribution in [2.75, 3.05) is 5.73 Å². The van der Waals surface area contributed by atoms with Gasteiger partial charge in [0.1, 0.15) is 5.75 Å². The van der Waals surface area contributed by atoms with Crippen molar-refractivity contribution in [2.24, 2.45) is 0 Å². The Morgan fingerprint density at radius 3 is 2.44 bits per heavy atom. The van der Waals surface area contributed by atoms with Gasteiger partial charge in [-0.2, -0.15) is 0 Å². The zero-order chi connectivity index (χ0) is 12.5. The molecule has 88 valence electrons. The second-order valence-corrected chi connectivity index (χ2v) is 3.80. The molecule has 0 aliphatic carbocycles. The smallest absolute Gasteiger partial charge is 0.405 e. The monoisotopic (exact) mass is 317 g/mol. The van der Waals surface area contributed by atoms with E-state index in [1.807, 2.05) is 0 Å². The molecule has 0 amide bonds. The summed E-state index contributed by atoms with van der Waals surface area (Å²) in [6.07, 6.45) is -4.91. The van der Waals surface area contributed by atoms with Crippen LogP contribution in [-0.4, -0.2) is 11.6 Å². The van der Waals surface area contributed by atoms with Crippen molar-refractivity contribution in [3.8, 4) is 5.75 Å². The number of anilines is 1. The summed E-state index contributed by atoms with van der Waals surface area (Å²) >= 11 is 8.00. The number of benzene rings is 1. The number of hydrogen-bond donors (Lipinski definition) is 1. The van der Waals surface area contributed by atoms with E-state index in [0.717, 1.165) is 12.1 Å². The minimum absolute atomic E-state index is 0.0331. The van der Waals surface area contributed by atoms with Crippen molar-refractivity contribution in [1.29, 1.82) is 0 Å². The standard InChI is InChI=1S/C8H4BrClF3NO2/c9-6-3(14)1-2-4(5(6)7(10)15)16-8(11,12)13/h1-2H,14H2. The second kappa shape index (κ2) is 4.50. The van der Waals surface area contributed by atoms with E-state index in [1.54, 1.807) is 0 Å². The lowest BCUT2D eigenvalue weighted by molar-refractivity contribution is -0.274. The van der Waals surface area contributed by atoms with Gasteiger partial charge < -0.3 is 10.5 Å². The second-order valence-electron chi connectivity index (χ2n) is 2.66. The van der Waals surface area contributed by atoms with Crippen molar-refractivity contribution >= 4 is 38.5 Å². The van der Waals surface area contributed by atoms with Gasteiger partial charge in [0.25, 0.3) is 5.24 Å². The summed E-state index contributed by atoms with van der Waals surface area (Å²) < 4.78 is 39.6. The molecule has 0 saturated carbocycles. The summed E-state index contributed by atoms with van der Waals surface area (Å²) in [5.41, 5.74) is 5.02. The largest absolute Gasteiger partial charge is 0.573 e. The molecule has 0 radical (unpaired) electrons. The van der Waals surface area contributed by atoms with Crippen LogP contribution in [0.25, 0.3) is 0 Å². The molecule has 8 heteroatoms. The summed E-state index contributed by atoms with van der Waals surface area (Å²) in [6.45, 7) is 0. The maximum atomic E-state index is 12.0. The molecule has 0 unspecified atom stereocenters. The van der Waals surface area contributed by atoms with E-state index in [4.69, 9.17) is 17.3 Å². The molecule has 0 aliphatic rings. The molecular weight excluding hydrogens is 314 g/mol. The van der Waals surface area contributed by atoms with Crippen LogP contribution in [0.5, 0.6) is 5.75 Å². The highest BCUT2D eigenvalue weighted by Gasteiger charge is 2.33. The van der Waals surface area contributed by atoms with Crippen molar-refractivity contribution in [3.05, 3.63) is 22.2 Å². The topological polar surface area (TPSA) is 52.3 Å². The zero-order valence-corrected chi connectivity index (χ0v) is 9.78. The minimum Gasteiger partial charge on any atom is -0.405 e. The van der Waals surface area contributed by atoms with E-state index in [2.05, 4.69) is 20.7 Å². The van der Waals surface area contributed by atoms with E-state index in [1.165, 1.54) is 0 Å². The van der Waals surface area contributed by atoms with Crippen molar-refractivity contribution in [2.45, 2.75) is 6.36 Å². The van der Waals surface area contributed by atoms with Gasteiger partial charge >= 0.3 is 6.36 Å². The third-order valence-corrected chi connectivity index (χ3v) is 2.60. The summed E-state index contributed by atoms with van der Waals surface area (Å²) in [5.74, 6) is -0.700. The quantitative estimate of drug-likeness (QED) is 0.672. The first-order valence-corrected chi connectivity index (χ1v) is 4.93. The Bertz CT molecular complexity index is 436. The number of carbonyl (C=O) groups excluding carboxylic acids is 1.